The molecular weight excluding hydrogens is 481 g/mol. The first kappa shape index (κ1) is 25.0. The van der Waals surface area contributed by atoms with Crippen LogP contribution in [0.3, 0.4) is 0 Å². The van der Waals surface area contributed by atoms with Crippen LogP contribution in [0.1, 0.15) is 23.7 Å². The fourth-order valence-electron chi connectivity index (χ4n) is 3.74. The van der Waals surface area contributed by atoms with Gasteiger partial charge < -0.3 is 14.4 Å². The van der Waals surface area contributed by atoms with E-state index in [4.69, 9.17) is 9.47 Å². The lowest BCUT2D eigenvalue weighted by molar-refractivity contribution is -0.137. The second-order valence-corrected chi connectivity index (χ2v) is 8.97. The number of ketones is 1. The highest BCUT2D eigenvalue weighted by atomic mass is 32.2. The second kappa shape index (κ2) is 11.1. The van der Waals surface area contributed by atoms with Crippen molar-refractivity contribution in [2.75, 3.05) is 32.1 Å². The predicted octanol–water partition coefficient (Wildman–Crippen LogP) is 4.64. The van der Waals surface area contributed by atoms with Gasteiger partial charge in [0.1, 0.15) is 18.5 Å². The molecule has 1 unspecified atom stereocenters. The third-order valence-electron chi connectivity index (χ3n) is 5.56. The summed E-state index contributed by atoms with van der Waals surface area (Å²) in [6.07, 6.45) is 1.16. The van der Waals surface area contributed by atoms with Crippen LogP contribution in [0.15, 0.2) is 47.5 Å². The number of carbonyl (C=O) groups is 2. The first-order chi connectivity index (χ1) is 16.9. The molecule has 4 rings (SSSR count). The highest BCUT2D eigenvalue weighted by Gasteiger charge is 2.26. The fraction of sp³-hybridized carbons (Fsp3) is 0.320. The Morgan fingerprint density at radius 2 is 1.94 bits per heavy atom. The molecule has 3 aromatic rings. The van der Waals surface area contributed by atoms with E-state index in [1.54, 1.807) is 30.2 Å². The maximum Gasteiger partial charge on any atom is 0.233 e. The monoisotopic (exact) mass is 504 g/mol. The lowest BCUT2D eigenvalue weighted by atomic mass is 10.1. The zero-order valence-electron chi connectivity index (χ0n) is 18.9. The van der Waals surface area contributed by atoms with Gasteiger partial charge in [-0.1, -0.05) is 6.92 Å². The molecule has 6 nitrogen and oxygen atoms in total. The number of aromatic nitrogens is 1. The van der Waals surface area contributed by atoms with Gasteiger partial charge in [-0.2, -0.15) is 0 Å². The van der Waals surface area contributed by atoms with Crippen LogP contribution in [0.2, 0.25) is 0 Å². The number of fused-ring (bicyclic) bond motifs is 1. The predicted molar refractivity (Wildman–Crippen MR) is 125 cm³/mol. The normalized spacial score (nSPS) is 15.9. The van der Waals surface area contributed by atoms with E-state index >= 15 is 0 Å². The maximum atomic E-state index is 14.3. The molecule has 0 aliphatic carbocycles. The molecule has 0 bridgehead atoms. The van der Waals surface area contributed by atoms with Gasteiger partial charge in [0.15, 0.2) is 23.2 Å². The number of morpholine rings is 1. The number of Topliss-reactive ketones (excluding diaryl/α,β-unsaturated/α-hetero) is 1. The molecule has 0 N–H and O–H groups in total. The molecule has 2 heterocycles. The van der Waals surface area contributed by atoms with Gasteiger partial charge in [0.05, 0.1) is 24.4 Å². The van der Waals surface area contributed by atoms with Crippen molar-refractivity contribution in [1.82, 2.24) is 9.88 Å². The van der Waals surface area contributed by atoms with Crippen molar-refractivity contribution in [1.29, 1.82) is 0 Å². The van der Waals surface area contributed by atoms with Crippen molar-refractivity contribution < 1.29 is 32.2 Å². The van der Waals surface area contributed by atoms with Crippen molar-refractivity contribution >= 4 is 34.4 Å². The average molecular weight is 505 g/mol. The van der Waals surface area contributed by atoms with Crippen molar-refractivity contribution in [2.45, 2.75) is 24.3 Å². The molecule has 1 saturated heterocycles. The van der Waals surface area contributed by atoms with Gasteiger partial charge in [0, 0.05) is 35.0 Å². The number of hydrogen-bond donors (Lipinski definition) is 0. The number of nitrogens with zero attached hydrogens (tertiary/aromatic N) is 2. The van der Waals surface area contributed by atoms with Gasteiger partial charge in [-0.25, -0.2) is 13.2 Å². The van der Waals surface area contributed by atoms with E-state index in [0.717, 1.165) is 17.0 Å². The topological polar surface area (TPSA) is 68.7 Å². The van der Waals surface area contributed by atoms with Gasteiger partial charge in [-0.05, 0) is 36.4 Å². The number of hydrogen-bond acceptors (Lipinski definition) is 6. The quantitative estimate of drug-likeness (QED) is 0.329. The molecule has 184 valence electrons. The van der Waals surface area contributed by atoms with Crippen LogP contribution in [0.5, 0.6) is 5.75 Å². The van der Waals surface area contributed by atoms with E-state index in [-0.39, 0.29) is 55.0 Å². The zero-order chi connectivity index (χ0) is 24.9. The minimum atomic E-state index is -0.969. The molecule has 1 amide bonds. The summed E-state index contributed by atoms with van der Waals surface area (Å²) in [5.74, 6) is -3.30. The van der Waals surface area contributed by atoms with E-state index < -0.39 is 23.5 Å². The number of pyridine rings is 1. The number of rotatable bonds is 8. The van der Waals surface area contributed by atoms with Gasteiger partial charge in [-0.3, -0.25) is 14.6 Å². The third kappa shape index (κ3) is 5.94. The molecule has 1 fully saturated rings. The van der Waals surface area contributed by atoms with Crippen LogP contribution in [-0.2, 0) is 9.53 Å². The van der Waals surface area contributed by atoms with Crippen LogP contribution in [-0.4, -0.2) is 59.7 Å². The molecule has 35 heavy (non-hydrogen) atoms. The number of ether oxygens (including phenoxy) is 2. The molecule has 2 aromatic carbocycles. The highest BCUT2D eigenvalue weighted by molar-refractivity contribution is 8.00. The Morgan fingerprint density at radius 1 is 1.17 bits per heavy atom. The van der Waals surface area contributed by atoms with E-state index in [2.05, 4.69) is 4.98 Å². The molecule has 10 heteroatoms. The van der Waals surface area contributed by atoms with Crippen LogP contribution in [0, 0.1) is 17.5 Å². The SMILES string of the molecule is CCC(=O)c1cc(F)c(OCC2CN(C(=O)CSc3ccnc4ccc(F)cc34)CCO2)c(F)c1. The maximum absolute atomic E-state index is 14.3. The third-order valence-corrected chi connectivity index (χ3v) is 6.62. The van der Waals surface area contributed by atoms with Gasteiger partial charge in [0.25, 0.3) is 0 Å². The second-order valence-electron chi connectivity index (χ2n) is 7.95. The molecule has 0 spiro atoms. The Labute approximate surface area is 204 Å². The summed E-state index contributed by atoms with van der Waals surface area (Å²) in [5.41, 5.74) is 0.585. The Balaban J connectivity index is 1.34. The fourth-order valence-corrected chi connectivity index (χ4v) is 4.67. The molecular formula is C25H23F3N2O4S. The van der Waals surface area contributed by atoms with Crippen LogP contribution >= 0.6 is 11.8 Å². The highest BCUT2D eigenvalue weighted by Crippen LogP contribution is 2.28. The first-order valence-corrected chi connectivity index (χ1v) is 12.1. The molecule has 1 aliphatic rings. The Bertz CT molecular complexity index is 1230. The van der Waals surface area contributed by atoms with Gasteiger partial charge in [0.2, 0.25) is 5.91 Å². The summed E-state index contributed by atoms with van der Waals surface area (Å²) in [7, 11) is 0. The summed E-state index contributed by atoms with van der Waals surface area (Å²) in [5, 5.41) is 0.634. The lowest BCUT2D eigenvalue weighted by Gasteiger charge is -2.33. The van der Waals surface area contributed by atoms with E-state index in [0.29, 0.717) is 17.4 Å². The summed E-state index contributed by atoms with van der Waals surface area (Å²) < 4.78 is 53.2. The molecule has 1 aliphatic heterocycles. The summed E-state index contributed by atoms with van der Waals surface area (Å²) >= 11 is 1.28. The number of benzene rings is 2. The van der Waals surface area contributed by atoms with E-state index in [1.165, 1.54) is 23.9 Å². The van der Waals surface area contributed by atoms with Gasteiger partial charge in [-0.15, -0.1) is 11.8 Å². The van der Waals surface area contributed by atoms with Crippen molar-refractivity contribution in [3.8, 4) is 5.75 Å². The summed E-state index contributed by atoms with van der Waals surface area (Å²) in [6.45, 7) is 2.26. The first-order valence-electron chi connectivity index (χ1n) is 11.1. The van der Waals surface area contributed by atoms with Crippen LogP contribution < -0.4 is 4.74 Å². The zero-order valence-corrected chi connectivity index (χ0v) is 19.7. The standard InChI is InChI=1S/C25H23F3N2O4S/c1-2-22(31)15-9-19(27)25(20(28)10-15)34-13-17-12-30(7-8-33-17)24(32)14-35-23-5-6-29-21-4-3-16(26)11-18(21)23/h3-6,9-11,17H,2,7-8,12-14H2,1H3. The average Bonchev–Trinajstić information content (AvgIpc) is 2.86. The minimum Gasteiger partial charge on any atom is -0.485 e. The molecule has 0 radical (unpaired) electrons. The van der Waals surface area contributed by atoms with Crippen LogP contribution in [0.4, 0.5) is 13.2 Å². The lowest BCUT2D eigenvalue weighted by Crippen LogP contribution is -2.48. The molecule has 0 saturated carbocycles. The van der Waals surface area contributed by atoms with Crippen molar-refractivity contribution in [3.63, 3.8) is 0 Å². The van der Waals surface area contributed by atoms with Crippen molar-refractivity contribution in [2.24, 2.45) is 0 Å². The Hall–Kier alpha value is -3.11. The number of amides is 1. The minimum absolute atomic E-state index is 0.0530. The number of carbonyl (C=O) groups excluding carboxylic acids is 2. The Kier molecular flexibility index (Phi) is 7.92. The van der Waals surface area contributed by atoms with Gasteiger partial charge >= 0.3 is 0 Å². The largest absolute Gasteiger partial charge is 0.485 e. The molecule has 1 aromatic heterocycles. The van der Waals surface area contributed by atoms with E-state index in [1.807, 2.05) is 0 Å². The summed E-state index contributed by atoms with van der Waals surface area (Å²) in [4.78, 5) is 31.1. The smallest absolute Gasteiger partial charge is 0.233 e. The van der Waals surface area contributed by atoms with E-state index in [9.17, 15) is 22.8 Å². The number of halogens is 3. The molecule has 1 atom stereocenters. The Morgan fingerprint density at radius 3 is 2.69 bits per heavy atom. The van der Waals surface area contributed by atoms with Crippen LogP contribution in [0.25, 0.3) is 10.9 Å². The van der Waals surface area contributed by atoms with Crippen molar-refractivity contribution in [3.05, 3.63) is 65.6 Å². The summed E-state index contributed by atoms with van der Waals surface area (Å²) in [6, 6.07) is 7.95. The number of thioether (sulfide) groups is 1.